The van der Waals surface area contributed by atoms with Crippen molar-refractivity contribution in [1.82, 2.24) is 0 Å². The van der Waals surface area contributed by atoms with Gasteiger partial charge in [0.15, 0.2) is 0 Å². The van der Waals surface area contributed by atoms with Crippen molar-refractivity contribution >= 4 is 12.2 Å². The summed E-state index contributed by atoms with van der Waals surface area (Å²) >= 11 is 0. The van der Waals surface area contributed by atoms with Crippen LogP contribution in [0.25, 0.3) is 0 Å². The van der Waals surface area contributed by atoms with Gasteiger partial charge >= 0.3 is 12.2 Å². The predicted octanol–water partition coefficient (Wildman–Crippen LogP) is -1.57. The molecule has 0 bridgehead atoms. The second-order valence-electron chi connectivity index (χ2n) is 2.36. The van der Waals surface area contributed by atoms with Crippen LogP contribution in [0.4, 0.5) is 9.59 Å². The van der Waals surface area contributed by atoms with Crippen LogP contribution in [0, 0.1) is 11.3 Å². The molecule has 0 aromatic heterocycles. The maximum absolute atomic E-state index is 10.1. The molecule has 0 rings (SSSR count). The fourth-order valence-corrected chi connectivity index (χ4v) is 0.487. The van der Waals surface area contributed by atoms with Gasteiger partial charge in [-0.2, -0.15) is 5.26 Å². The van der Waals surface area contributed by atoms with E-state index in [1.165, 1.54) is 6.07 Å². The Morgan fingerprint density at radius 3 is 1.86 bits per heavy atom. The molecule has 5 N–H and O–H groups in total. The minimum Gasteiger partial charge on any atom is -0.445 e. The van der Waals surface area contributed by atoms with E-state index < -0.39 is 31.0 Å². The summed E-state index contributed by atoms with van der Waals surface area (Å²) < 4.78 is 8.33. The number of nitriles is 1. The minimum atomic E-state index is -2.13. The topological polar surface area (TPSA) is 149 Å². The number of nitrogens with two attached hydrogens (primary N) is 2. The average Bonchev–Trinajstić information content (AvgIpc) is 2.11. The first kappa shape index (κ1) is 12.0. The van der Waals surface area contributed by atoms with Crippen molar-refractivity contribution in [2.24, 2.45) is 11.5 Å². The molecule has 0 heterocycles. The zero-order chi connectivity index (χ0) is 11.2. The molecule has 0 aliphatic rings. The molecule has 0 fully saturated rings. The first-order chi connectivity index (χ1) is 6.39. The highest BCUT2D eigenvalue weighted by molar-refractivity contribution is 5.65. The minimum absolute atomic E-state index is 0.702. The van der Waals surface area contributed by atoms with Crippen LogP contribution in [-0.4, -0.2) is 36.1 Å². The Morgan fingerprint density at radius 2 is 1.64 bits per heavy atom. The number of aliphatic hydroxyl groups is 1. The number of amides is 2. The van der Waals surface area contributed by atoms with E-state index in [1.807, 2.05) is 0 Å². The normalized spacial score (nSPS) is 10.0. The molecular weight excluding hydrogens is 194 g/mol. The molecule has 0 saturated carbocycles. The molecule has 8 heteroatoms. The molecule has 0 aromatic carbocycles. The van der Waals surface area contributed by atoms with Crippen LogP contribution in [0.1, 0.15) is 0 Å². The first-order valence-electron chi connectivity index (χ1n) is 3.38. The molecule has 0 aliphatic carbocycles. The highest BCUT2D eigenvalue weighted by Crippen LogP contribution is 2.04. The molecule has 0 aromatic rings. The highest BCUT2D eigenvalue weighted by Gasteiger charge is 2.30. The van der Waals surface area contributed by atoms with Crippen LogP contribution < -0.4 is 11.5 Å². The van der Waals surface area contributed by atoms with Crippen LogP contribution in [0.2, 0.25) is 0 Å². The number of nitrogens with zero attached hydrogens (tertiary/aromatic N) is 1. The van der Waals surface area contributed by atoms with Gasteiger partial charge in [0.1, 0.15) is 19.3 Å². The van der Waals surface area contributed by atoms with E-state index in [0.29, 0.717) is 0 Å². The van der Waals surface area contributed by atoms with E-state index in [4.69, 9.17) is 5.26 Å². The Kier molecular flexibility index (Phi) is 4.18. The summed E-state index contributed by atoms with van der Waals surface area (Å²) in [4.78, 5) is 20.3. The molecule has 0 unspecified atom stereocenters. The van der Waals surface area contributed by atoms with Gasteiger partial charge in [-0.25, -0.2) is 9.59 Å². The Morgan fingerprint density at radius 1 is 1.29 bits per heavy atom. The zero-order valence-corrected chi connectivity index (χ0v) is 7.10. The van der Waals surface area contributed by atoms with E-state index in [-0.39, 0.29) is 0 Å². The van der Waals surface area contributed by atoms with Crippen molar-refractivity contribution in [3.63, 3.8) is 0 Å². The lowest BCUT2D eigenvalue weighted by Gasteiger charge is -2.18. The van der Waals surface area contributed by atoms with Gasteiger partial charge in [0.05, 0.1) is 0 Å². The molecule has 78 valence electrons. The van der Waals surface area contributed by atoms with Gasteiger partial charge in [0, 0.05) is 0 Å². The zero-order valence-electron chi connectivity index (χ0n) is 7.10. The van der Waals surface area contributed by atoms with Gasteiger partial charge in [-0.3, -0.25) is 0 Å². The number of hydrogen-bond acceptors (Lipinski definition) is 6. The van der Waals surface area contributed by atoms with Crippen molar-refractivity contribution in [2.45, 2.75) is 5.60 Å². The van der Waals surface area contributed by atoms with Gasteiger partial charge in [-0.05, 0) is 0 Å². The maximum Gasteiger partial charge on any atom is 0.404 e. The molecule has 8 nitrogen and oxygen atoms in total. The summed E-state index contributed by atoms with van der Waals surface area (Å²) in [6.07, 6.45) is -2.31. The summed E-state index contributed by atoms with van der Waals surface area (Å²) in [5.74, 6) is 0. The molecule has 0 atom stereocenters. The van der Waals surface area contributed by atoms with Gasteiger partial charge < -0.3 is 26.0 Å². The van der Waals surface area contributed by atoms with Crippen molar-refractivity contribution in [2.75, 3.05) is 13.2 Å². The molecule has 2 amide bonds. The summed E-state index contributed by atoms with van der Waals surface area (Å²) in [7, 11) is 0. The van der Waals surface area contributed by atoms with E-state index in [1.54, 1.807) is 0 Å². The largest absolute Gasteiger partial charge is 0.445 e. The van der Waals surface area contributed by atoms with Crippen LogP contribution >= 0.6 is 0 Å². The molecule has 0 spiro atoms. The van der Waals surface area contributed by atoms with Crippen LogP contribution in [0.5, 0.6) is 0 Å². The Labute approximate surface area is 79.0 Å². The smallest absolute Gasteiger partial charge is 0.404 e. The van der Waals surface area contributed by atoms with E-state index >= 15 is 0 Å². The van der Waals surface area contributed by atoms with Crippen molar-refractivity contribution in [3.05, 3.63) is 0 Å². The fraction of sp³-hybridized carbons (Fsp3) is 0.500. The van der Waals surface area contributed by atoms with Crippen molar-refractivity contribution < 1.29 is 24.2 Å². The third-order valence-corrected chi connectivity index (χ3v) is 1.11. The van der Waals surface area contributed by atoms with Crippen molar-refractivity contribution in [3.8, 4) is 6.07 Å². The lowest BCUT2D eigenvalue weighted by Crippen LogP contribution is -2.41. The van der Waals surface area contributed by atoms with Crippen LogP contribution in [0.3, 0.4) is 0 Å². The molecule has 0 aliphatic heterocycles. The van der Waals surface area contributed by atoms with Crippen LogP contribution in [0.15, 0.2) is 0 Å². The lowest BCUT2D eigenvalue weighted by atomic mass is 10.1. The molecule has 14 heavy (non-hydrogen) atoms. The predicted molar refractivity (Wildman–Crippen MR) is 41.6 cm³/mol. The summed E-state index contributed by atoms with van der Waals surface area (Å²) in [6, 6.07) is 1.38. The average molecular weight is 203 g/mol. The number of ether oxygens (including phenoxy) is 2. The monoisotopic (exact) mass is 203 g/mol. The fourth-order valence-electron chi connectivity index (χ4n) is 0.487. The quantitative estimate of drug-likeness (QED) is 0.470. The summed E-state index contributed by atoms with van der Waals surface area (Å²) in [5.41, 5.74) is 7.06. The van der Waals surface area contributed by atoms with Crippen LogP contribution in [-0.2, 0) is 9.47 Å². The molecule has 0 saturated heterocycles. The SMILES string of the molecule is N#CC(O)(COC(N)=O)COC(N)=O. The Hall–Kier alpha value is -2.01. The van der Waals surface area contributed by atoms with E-state index in [0.717, 1.165) is 0 Å². The van der Waals surface area contributed by atoms with E-state index in [2.05, 4.69) is 20.9 Å². The molecule has 0 radical (unpaired) electrons. The van der Waals surface area contributed by atoms with Gasteiger partial charge in [-0.15, -0.1) is 0 Å². The number of hydrogen-bond donors (Lipinski definition) is 3. The summed E-state index contributed by atoms with van der Waals surface area (Å²) in [6.45, 7) is -1.40. The van der Waals surface area contributed by atoms with Gasteiger partial charge in [0.2, 0.25) is 5.60 Å². The van der Waals surface area contributed by atoms with Gasteiger partial charge in [0.25, 0.3) is 0 Å². The third kappa shape index (κ3) is 4.78. The maximum atomic E-state index is 10.1. The number of primary amides is 2. The number of rotatable bonds is 4. The standard InChI is InChI=1S/C6H9N3O5/c7-1-6(12,2-13-4(8)10)3-14-5(9)11/h12H,2-3H2,(H2,8,10)(H2,9,11). The Bertz CT molecular complexity index is 253. The third-order valence-electron chi connectivity index (χ3n) is 1.11. The summed E-state index contributed by atoms with van der Waals surface area (Å²) in [5, 5.41) is 17.7. The van der Waals surface area contributed by atoms with Crippen molar-refractivity contribution in [1.29, 1.82) is 5.26 Å². The molecular formula is C6H9N3O5. The lowest BCUT2D eigenvalue weighted by molar-refractivity contribution is -0.0204. The highest BCUT2D eigenvalue weighted by atomic mass is 16.6. The van der Waals surface area contributed by atoms with Gasteiger partial charge in [-0.1, -0.05) is 0 Å². The van der Waals surface area contributed by atoms with E-state index in [9.17, 15) is 14.7 Å². The first-order valence-corrected chi connectivity index (χ1v) is 3.38. The number of carbonyl (C=O) groups is 2. The second kappa shape index (κ2) is 4.88. The Balaban J connectivity index is 4.12. The number of carbonyl (C=O) groups excluding carboxylic acids is 2. The second-order valence-corrected chi connectivity index (χ2v) is 2.36.